The van der Waals surface area contributed by atoms with E-state index in [4.69, 9.17) is 5.73 Å². The molecular weight excluding hydrogens is 220 g/mol. The van der Waals surface area contributed by atoms with Crippen LogP contribution < -0.4 is 21.7 Å². The summed E-state index contributed by atoms with van der Waals surface area (Å²) >= 11 is 0. The molecule has 0 heterocycles. The molecule has 0 radical (unpaired) electrons. The lowest BCUT2D eigenvalue weighted by Crippen LogP contribution is -2.36. The van der Waals surface area contributed by atoms with E-state index in [0.29, 0.717) is 24.5 Å². The van der Waals surface area contributed by atoms with Gasteiger partial charge in [0.1, 0.15) is 0 Å². The molecule has 0 saturated heterocycles. The van der Waals surface area contributed by atoms with Crippen molar-refractivity contribution in [3.63, 3.8) is 0 Å². The van der Waals surface area contributed by atoms with Crippen molar-refractivity contribution in [1.82, 2.24) is 10.6 Å². The number of hydrogen-bond acceptors (Lipinski definition) is 3. The van der Waals surface area contributed by atoms with Gasteiger partial charge in [0.05, 0.1) is 0 Å². The van der Waals surface area contributed by atoms with Gasteiger partial charge in [-0.05, 0) is 24.3 Å². The topological polar surface area (TPSA) is 96.2 Å². The molecule has 0 atom stereocenters. The highest BCUT2D eigenvalue weighted by Gasteiger charge is 2.00. The number of nitrogen functional groups attached to an aromatic ring is 1. The Hall–Kier alpha value is -2.24. The van der Waals surface area contributed by atoms with Crippen molar-refractivity contribution >= 4 is 23.3 Å². The summed E-state index contributed by atoms with van der Waals surface area (Å²) in [6.45, 7) is 2.21. The van der Waals surface area contributed by atoms with Gasteiger partial charge in [0.2, 0.25) is 5.91 Å². The van der Waals surface area contributed by atoms with Crippen LogP contribution in [0, 0.1) is 0 Å². The minimum Gasteiger partial charge on any atom is -0.399 e. The van der Waals surface area contributed by atoms with E-state index < -0.39 is 0 Å². The summed E-state index contributed by atoms with van der Waals surface area (Å²) in [5, 5.41) is 7.82. The Bertz CT molecular complexity index is 389. The van der Waals surface area contributed by atoms with Gasteiger partial charge < -0.3 is 21.7 Å². The van der Waals surface area contributed by atoms with E-state index in [0.717, 1.165) is 0 Å². The van der Waals surface area contributed by atoms with Gasteiger partial charge in [-0.25, -0.2) is 4.79 Å². The first-order valence-electron chi connectivity index (χ1n) is 5.23. The number of benzene rings is 1. The molecule has 1 aromatic rings. The Balaban J connectivity index is 2.25. The summed E-state index contributed by atoms with van der Waals surface area (Å²) in [5.41, 5.74) is 6.82. The molecule has 0 aliphatic carbocycles. The number of nitrogens with two attached hydrogens (primary N) is 1. The average molecular weight is 236 g/mol. The molecule has 1 aromatic carbocycles. The molecule has 0 unspecified atom stereocenters. The molecule has 0 aliphatic rings. The third-order valence-electron chi connectivity index (χ3n) is 1.95. The van der Waals surface area contributed by atoms with Crippen molar-refractivity contribution in [2.24, 2.45) is 0 Å². The number of anilines is 2. The van der Waals surface area contributed by atoms with E-state index in [1.807, 2.05) is 0 Å². The summed E-state index contributed by atoms with van der Waals surface area (Å²) in [7, 11) is 0. The fourth-order valence-electron chi connectivity index (χ4n) is 1.16. The van der Waals surface area contributed by atoms with E-state index in [9.17, 15) is 9.59 Å². The van der Waals surface area contributed by atoms with Crippen LogP contribution in [0.5, 0.6) is 0 Å². The number of carbonyl (C=O) groups is 2. The minimum absolute atomic E-state index is 0.120. The van der Waals surface area contributed by atoms with E-state index in [1.165, 1.54) is 6.92 Å². The van der Waals surface area contributed by atoms with Crippen molar-refractivity contribution in [1.29, 1.82) is 0 Å². The van der Waals surface area contributed by atoms with Crippen LogP contribution in [0.4, 0.5) is 16.2 Å². The molecule has 0 aromatic heterocycles. The van der Waals surface area contributed by atoms with Crippen LogP contribution in [-0.2, 0) is 4.79 Å². The first-order chi connectivity index (χ1) is 8.08. The normalized spacial score (nSPS) is 9.47. The monoisotopic (exact) mass is 236 g/mol. The molecule has 6 heteroatoms. The van der Waals surface area contributed by atoms with E-state index in [-0.39, 0.29) is 11.9 Å². The second kappa shape index (κ2) is 6.37. The summed E-state index contributed by atoms with van der Waals surface area (Å²) in [6, 6.07) is 6.51. The van der Waals surface area contributed by atoms with Gasteiger partial charge in [0, 0.05) is 31.4 Å². The maximum Gasteiger partial charge on any atom is 0.319 e. The summed E-state index contributed by atoms with van der Waals surface area (Å²) in [6.07, 6.45) is 0. The first-order valence-corrected chi connectivity index (χ1v) is 5.23. The van der Waals surface area contributed by atoms with E-state index in [2.05, 4.69) is 16.0 Å². The summed E-state index contributed by atoms with van der Waals surface area (Å²) in [4.78, 5) is 21.9. The predicted octanol–water partition coefficient (Wildman–Crippen LogP) is 0.526. The molecule has 5 N–H and O–H groups in total. The lowest BCUT2D eigenvalue weighted by atomic mass is 10.3. The quantitative estimate of drug-likeness (QED) is 0.453. The van der Waals surface area contributed by atoms with Crippen molar-refractivity contribution in [3.8, 4) is 0 Å². The van der Waals surface area contributed by atoms with E-state index >= 15 is 0 Å². The maximum atomic E-state index is 11.4. The maximum absolute atomic E-state index is 11.4. The largest absolute Gasteiger partial charge is 0.399 e. The molecule has 3 amide bonds. The number of hydrogen-bond donors (Lipinski definition) is 4. The van der Waals surface area contributed by atoms with Gasteiger partial charge >= 0.3 is 6.03 Å². The van der Waals surface area contributed by atoms with Crippen LogP contribution in [0.3, 0.4) is 0 Å². The standard InChI is InChI=1S/C11H16N4O2/c1-8(16)13-6-7-14-11(17)15-10-4-2-9(12)3-5-10/h2-5H,6-7,12H2,1H3,(H,13,16)(H2,14,15,17). The molecule has 0 spiro atoms. The van der Waals surface area contributed by atoms with Crippen molar-refractivity contribution in [3.05, 3.63) is 24.3 Å². The third kappa shape index (κ3) is 5.41. The highest BCUT2D eigenvalue weighted by atomic mass is 16.2. The average Bonchev–Trinajstić information content (AvgIpc) is 2.27. The zero-order valence-corrected chi connectivity index (χ0v) is 9.62. The van der Waals surface area contributed by atoms with Crippen molar-refractivity contribution in [2.75, 3.05) is 24.1 Å². The SMILES string of the molecule is CC(=O)NCCNC(=O)Nc1ccc(N)cc1. The summed E-state index contributed by atoms with van der Waals surface area (Å²) in [5.74, 6) is -0.120. The Morgan fingerprint density at radius 2 is 1.71 bits per heavy atom. The van der Waals surface area contributed by atoms with Crippen LogP contribution in [0.1, 0.15) is 6.92 Å². The number of amides is 3. The lowest BCUT2D eigenvalue weighted by molar-refractivity contribution is -0.118. The second-order valence-electron chi connectivity index (χ2n) is 3.49. The van der Waals surface area contributed by atoms with Crippen LogP contribution in [0.25, 0.3) is 0 Å². The smallest absolute Gasteiger partial charge is 0.319 e. The van der Waals surface area contributed by atoms with Gasteiger partial charge in [-0.3, -0.25) is 4.79 Å². The molecule has 0 aliphatic heterocycles. The van der Waals surface area contributed by atoms with Crippen molar-refractivity contribution < 1.29 is 9.59 Å². The molecule has 0 saturated carbocycles. The number of carbonyl (C=O) groups excluding carboxylic acids is 2. The summed E-state index contributed by atoms with van der Waals surface area (Å²) < 4.78 is 0. The van der Waals surface area contributed by atoms with Crippen LogP contribution in [-0.4, -0.2) is 25.0 Å². The third-order valence-corrected chi connectivity index (χ3v) is 1.95. The zero-order valence-electron chi connectivity index (χ0n) is 9.62. The van der Waals surface area contributed by atoms with Crippen molar-refractivity contribution in [2.45, 2.75) is 6.92 Å². The van der Waals surface area contributed by atoms with Crippen LogP contribution in [0.15, 0.2) is 24.3 Å². The lowest BCUT2D eigenvalue weighted by Gasteiger charge is -2.07. The molecule has 0 bridgehead atoms. The van der Waals surface area contributed by atoms with Crippen LogP contribution >= 0.6 is 0 Å². The number of rotatable bonds is 4. The van der Waals surface area contributed by atoms with Crippen LogP contribution in [0.2, 0.25) is 0 Å². The first kappa shape index (κ1) is 12.8. The fraction of sp³-hybridized carbons (Fsp3) is 0.273. The van der Waals surface area contributed by atoms with Gasteiger partial charge in [0.15, 0.2) is 0 Å². The molecule has 0 fully saturated rings. The van der Waals surface area contributed by atoms with E-state index in [1.54, 1.807) is 24.3 Å². The molecule has 1 rings (SSSR count). The van der Waals surface area contributed by atoms with Gasteiger partial charge in [0.25, 0.3) is 0 Å². The Morgan fingerprint density at radius 1 is 1.12 bits per heavy atom. The number of nitrogens with one attached hydrogen (secondary N) is 3. The minimum atomic E-state index is -0.319. The Kier molecular flexibility index (Phi) is 4.80. The highest BCUT2D eigenvalue weighted by molar-refractivity contribution is 5.89. The molecule has 92 valence electrons. The Labute approximate surface area is 99.6 Å². The predicted molar refractivity (Wildman–Crippen MR) is 66.6 cm³/mol. The van der Waals surface area contributed by atoms with Gasteiger partial charge in [-0.2, -0.15) is 0 Å². The molecule has 17 heavy (non-hydrogen) atoms. The second-order valence-corrected chi connectivity index (χ2v) is 3.49. The zero-order chi connectivity index (χ0) is 12.7. The highest BCUT2D eigenvalue weighted by Crippen LogP contribution is 2.09. The van der Waals surface area contributed by atoms with Gasteiger partial charge in [-0.1, -0.05) is 0 Å². The molecule has 6 nitrogen and oxygen atoms in total. The fourth-order valence-corrected chi connectivity index (χ4v) is 1.16. The Morgan fingerprint density at radius 3 is 2.29 bits per heavy atom. The van der Waals surface area contributed by atoms with Gasteiger partial charge in [-0.15, -0.1) is 0 Å². The molecular formula is C11H16N4O2. The number of urea groups is 1.